The van der Waals surface area contributed by atoms with Crippen LogP contribution < -0.4 is 36.3 Å². The number of aryl methyl sites for hydroxylation is 1. The van der Waals surface area contributed by atoms with Gasteiger partial charge >= 0.3 is 12.4 Å². The van der Waals surface area contributed by atoms with Crippen molar-refractivity contribution in [1.29, 1.82) is 0 Å². The number of amides is 2. The van der Waals surface area contributed by atoms with Crippen LogP contribution >= 0.6 is 0 Å². The number of rotatable bonds is 8. The summed E-state index contributed by atoms with van der Waals surface area (Å²) in [6, 6.07) is 9.78. The molecule has 0 atom stereocenters. The summed E-state index contributed by atoms with van der Waals surface area (Å²) >= 11 is 0. The SMILES string of the molecule is Cc1ccc(S(=O)(=O)Nc2c(NC3CCC(NC(=O)Nc4ccc(OC(F)(F)F)cc4)CC3)c(=O)c2=O)cc1. The summed E-state index contributed by atoms with van der Waals surface area (Å²) in [4.78, 5) is 36.5. The largest absolute Gasteiger partial charge is 0.573 e. The molecule has 0 saturated heterocycles. The number of anilines is 3. The molecule has 39 heavy (non-hydrogen) atoms. The minimum Gasteiger partial charge on any atom is -0.406 e. The van der Waals surface area contributed by atoms with Gasteiger partial charge in [0.25, 0.3) is 20.9 Å². The predicted octanol–water partition coefficient (Wildman–Crippen LogP) is 3.84. The first-order chi connectivity index (χ1) is 18.3. The van der Waals surface area contributed by atoms with Gasteiger partial charge in [-0.2, -0.15) is 0 Å². The van der Waals surface area contributed by atoms with Crippen molar-refractivity contribution in [3.63, 3.8) is 0 Å². The lowest BCUT2D eigenvalue weighted by Crippen LogP contribution is -2.44. The van der Waals surface area contributed by atoms with E-state index in [0.29, 0.717) is 25.7 Å². The van der Waals surface area contributed by atoms with Crippen molar-refractivity contribution in [1.82, 2.24) is 5.32 Å². The van der Waals surface area contributed by atoms with Crippen LogP contribution in [0.2, 0.25) is 0 Å². The molecule has 4 N–H and O–H groups in total. The molecule has 0 bridgehead atoms. The molecule has 14 heteroatoms. The van der Waals surface area contributed by atoms with E-state index in [-0.39, 0.29) is 34.0 Å². The van der Waals surface area contributed by atoms with E-state index in [1.165, 1.54) is 24.3 Å². The fourth-order valence-corrected chi connectivity index (χ4v) is 5.29. The van der Waals surface area contributed by atoms with Crippen LogP contribution in [-0.4, -0.2) is 32.9 Å². The lowest BCUT2D eigenvalue weighted by molar-refractivity contribution is -0.274. The third kappa shape index (κ3) is 7.07. The quantitative estimate of drug-likeness (QED) is 0.304. The van der Waals surface area contributed by atoms with Crippen LogP contribution in [0.25, 0.3) is 0 Å². The third-order valence-electron chi connectivity index (χ3n) is 6.23. The van der Waals surface area contributed by atoms with E-state index in [1.54, 1.807) is 19.1 Å². The Bertz CT molecular complexity index is 1510. The second kappa shape index (κ2) is 11.0. The molecule has 3 aromatic carbocycles. The fourth-order valence-electron chi connectivity index (χ4n) is 4.22. The summed E-state index contributed by atoms with van der Waals surface area (Å²) in [6.07, 6.45) is -2.70. The van der Waals surface area contributed by atoms with E-state index in [4.69, 9.17) is 0 Å². The van der Waals surface area contributed by atoms with Crippen LogP contribution in [0.15, 0.2) is 63.0 Å². The molecular formula is C25H25F3N4O6S. The van der Waals surface area contributed by atoms with Crippen LogP contribution in [0.3, 0.4) is 0 Å². The van der Waals surface area contributed by atoms with Gasteiger partial charge in [-0.15, -0.1) is 13.2 Å². The van der Waals surface area contributed by atoms with Crippen LogP contribution in [-0.2, 0) is 10.0 Å². The van der Waals surface area contributed by atoms with Crippen LogP contribution in [0.5, 0.6) is 5.75 Å². The summed E-state index contributed by atoms with van der Waals surface area (Å²) in [5, 5.41) is 8.29. The van der Waals surface area contributed by atoms with E-state index in [2.05, 4.69) is 25.4 Å². The van der Waals surface area contributed by atoms with Gasteiger partial charge in [0.15, 0.2) is 0 Å². The molecule has 0 heterocycles. The molecule has 2 amide bonds. The summed E-state index contributed by atoms with van der Waals surface area (Å²) in [5.74, 6) is -0.410. The van der Waals surface area contributed by atoms with Gasteiger partial charge in [0.05, 0.1) is 4.90 Å². The summed E-state index contributed by atoms with van der Waals surface area (Å²) < 4.78 is 68.1. The van der Waals surface area contributed by atoms with Crippen molar-refractivity contribution in [2.75, 3.05) is 15.4 Å². The van der Waals surface area contributed by atoms with E-state index in [0.717, 1.165) is 17.7 Å². The van der Waals surface area contributed by atoms with Crippen LogP contribution in [0, 0.1) is 6.92 Å². The van der Waals surface area contributed by atoms with E-state index in [1.807, 2.05) is 0 Å². The molecule has 208 valence electrons. The molecular weight excluding hydrogens is 541 g/mol. The molecule has 3 aromatic rings. The van der Waals surface area contributed by atoms with Crippen molar-refractivity contribution in [3.8, 4) is 5.75 Å². The van der Waals surface area contributed by atoms with Gasteiger partial charge in [-0.3, -0.25) is 14.3 Å². The first-order valence-electron chi connectivity index (χ1n) is 11.9. The first-order valence-corrected chi connectivity index (χ1v) is 13.4. The number of carbonyl (C=O) groups excluding carboxylic acids is 1. The summed E-state index contributed by atoms with van der Waals surface area (Å²) in [5.41, 5.74) is -0.963. The van der Waals surface area contributed by atoms with Crippen molar-refractivity contribution >= 4 is 33.1 Å². The number of urea groups is 1. The minimum absolute atomic E-state index is 0.0393. The first kappa shape index (κ1) is 28.0. The number of alkyl halides is 3. The Morgan fingerprint density at radius 2 is 1.44 bits per heavy atom. The Balaban J connectivity index is 1.28. The lowest BCUT2D eigenvalue weighted by Gasteiger charge is -2.31. The maximum absolute atomic E-state index is 12.7. The molecule has 0 radical (unpaired) electrons. The minimum atomic E-state index is -4.81. The van der Waals surface area contributed by atoms with Crippen molar-refractivity contribution in [2.24, 2.45) is 0 Å². The molecule has 0 unspecified atom stereocenters. The highest BCUT2D eigenvalue weighted by Crippen LogP contribution is 2.27. The van der Waals surface area contributed by atoms with Crippen LogP contribution in [0.1, 0.15) is 31.2 Å². The molecule has 1 saturated carbocycles. The van der Waals surface area contributed by atoms with Gasteiger partial charge in [-0.1, -0.05) is 17.7 Å². The Labute approximate surface area is 221 Å². The fraction of sp³-hybridized carbons (Fsp3) is 0.320. The number of carbonyl (C=O) groups is 1. The zero-order valence-electron chi connectivity index (χ0n) is 20.6. The number of nitrogens with one attached hydrogen (secondary N) is 4. The maximum Gasteiger partial charge on any atom is 0.573 e. The predicted molar refractivity (Wildman–Crippen MR) is 138 cm³/mol. The Morgan fingerprint density at radius 3 is 2.03 bits per heavy atom. The molecule has 1 aliphatic carbocycles. The molecule has 4 rings (SSSR count). The Kier molecular flexibility index (Phi) is 7.86. The summed E-state index contributed by atoms with van der Waals surface area (Å²) in [6.45, 7) is 1.80. The summed E-state index contributed by atoms with van der Waals surface area (Å²) in [7, 11) is -4.06. The van der Waals surface area contributed by atoms with E-state index >= 15 is 0 Å². The molecule has 1 aliphatic rings. The van der Waals surface area contributed by atoms with Crippen LogP contribution in [0.4, 0.5) is 35.0 Å². The molecule has 0 spiro atoms. The Hall–Kier alpha value is -4.07. The number of ether oxygens (including phenoxy) is 1. The third-order valence-corrected chi connectivity index (χ3v) is 7.60. The monoisotopic (exact) mass is 566 g/mol. The maximum atomic E-state index is 12.7. The van der Waals surface area contributed by atoms with Gasteiger partial charge < -0.3 is 20.7 Å². The zero-order valence-corrected chi connectivity index (χ0v) is 21.4. The number of hydrogen-bond acceptors (Lipinski definition) is 7. The van der Waals surface area contributed by atoms with Gasteiger partial charge in [-0.25, -0.2) is 13.2 Å². The number of sulfonamides is 1. The lowest BCUT2D eigenvalue weighted by atomic mass is 9.91. The topological polar surface area (TPSA) is 143 Å². The highest BCUT2D eigenvalue weighted by atomic mass is 32.2. The standard InChI is InChI=1S/C25H25F3N4O6S/c1-14-2-12-19(13-3-14)39(36,37)32-21-20(22(33)23(21)34)29-15-4-6-16(7-5-15)30-24(35)31-17-8-10-18(11-9-17)38-25(26,27)28/h2-3,8-13,15-16,29,32H,4-7H2,1H3,(H2,30,31,35). The highest BCUT2D eigenvalue weighted by Gasteiger charge is 2.31. The van der Waals surface area contributed by atoms with Gasteiger partial charge in [0.2, 0.25) is 0 Å². The second-order valence-electron chi connectivity index (χ2n) is 9.19. The number of halogens is 3. The zero-order chi connectivity index (χ0) is 28.4. The van der Waals surface area contributed by atoms with Gasteiger partial charge in [-0.05, 0) is 69.0 Å². The van der Waals surface area contributed by atoms with E-state index in [9.17, 15) is 36.0 Å². The second-order valence-corrected chi connectivity index (χ2v) is 10.9. The van der Waals surface area contributed by atoms with Crippen molar-refractivity contribution in [3.05, 3.63) is 74.5 Å². The normalized spacial score (nSPS) is 17.8. The van der Waals surface area contributed by atoms with E-state index < -0.39 is 39.0 Å². The van der Waals surface area contributed by atoms with Gasteiger partial charge in [0, 0.05) is 17.8 Å². The highest BCUT2D eigenvalue weighted by molar-refractivity contribution is 7.92. The average Bonchev–Trinajstić information content (AvgIpc) is 2.87. The Morgan fingerprint density at radius 1 is 0.872 bits per heavy atom. The molecule has 1 fully saturated rings. The molecule has 0 aromatic heterocycles. The molecule has 0 aliphatic heterocycles. The van der Waals surface area contributed by atoms with Crippen molar-refractivity contribution in [2.45, 2.75) is 55.9 Å². The van der Waals surface area contributed by atoms with Gasteiger partial charge in [0.1, 0.15) is 17.1 Å². The molecule has 10 nitrogen and oxygen atoms in total. The number of hydrogen-bond donors (Lipinski definition) is 4. The van der Waals surface area contributed by atoms with Crippen molar-refractivity contribution < 1.29 is 31.1 Å². The smallest absolute Gasteiger partial charge is 0.406 e. The average molecular weight is 567 g/mol. The number of benzene rings is 2.